The Balaban J connectivity index is 1.01. The lowest BCUT2D eigenvalue weighted by Gasteiger charge is -2.28. The topological polar surface area (TPSA) is 6.48 Å². The van der Waals surface area contributed by atoms with Gasteiger partial charge in [0.1, 0.15) is 0 Å². The van der Waals surface area contributed by atoms with Crippen LogP contribution < -0.4 is 9.80 Å². The Morgan fingerprint density at radius 1 is 0.310 bits per heavy atom. The molecule has 0 aliphatic rings. The van der Waals surface area contributed by atoms with E-state index >= 15 is 0 Å². The molecule has 274 valence electrons. The number of para-hydroxylation sites is 2. The minimum absolute atomic E-state index is 1.13. The van der Waals surface area contributed by atoms with Crippen LogP contribution in [0.25, 0.3) is 71.6 Å². The molecule has 4 aromatic heterocycles. The standard InChI is InChI=1S/C52H32N2S4/c1-3-11-34(12-4-1)53(37-23-25-47-43(31-37)39-15-7-9-17-45(39)57-47)36-21-19-33(20-22-36)49-41-27-29-56-52(41)50(42-28-30-55-51(42)49)54(35-13-5-2-6-14-35)38-24-26-48-44(32-38)40-16-8-10-18-46(40)58-48/h1-32H. The number of fused-ring (bicyclic) bond motifs is 8. The zero-order valence-corrected chi connectivity index (χ0v) is 34.3. The van der Waals surface area contributed by atoms with Crippen LogP contribution in [0.1, 0.15) is 0 Å². The second-order valence-corrected chi connectivity index (χ2v) is 18.5. The molecule has 0 atom stereocenters. The Hall–Kier alpha value is -6.28. The monoisotopic (exact) mass is 812 g/mol. The van der Waals surface area contributed by atoms with E-state index in [0.717, 1.165) is 28.4 Å². The van der Waals surface area contributed by atoms with Crippen LogP contribution in [0.4, 0.5) is 34.1 Å². The third-order valence-electron chi connectivity index (χ3n) is 11.2. The predicted molar refractivity (Wildman–Crippen MR) is 258 cm³/mol. The first-order valence-electron chi connectivity index (χ1n) is 19.3. The number of benzene rings is 8. The molecule has 0 saturated carbocycles. The number of nitrogens with zero attached hydrogens (tertiary/aromatic N) is 2. The molecule has 0 amide bonds. The van der Waals surface area contributed by atoms with Gasteiger partial charge in [-0.25, -0.2) is 0 Å². The summed E-state index contributed by atoms with van der Waals surface area (Å²) in [5.41, 5.74) is 9.46. The zero-order chi connectivity index (χ0) is 38.2. The Labute approximate surface area is 351 Å². The molecule has 6 heteroatoms. The molecule has 0 aliphatic carbocycles. The summed E-state index contributed by atoms with van der Waals surface area (Å²) in [6, 6.07) is 66.8. The van der Waals surface area contributed by atoms with Crippen LogP contribution in [0.5, 0.6) is 0 Å². The third-order valence-corrected chi connectivity index (χ3v) is 15.4. The molecule has 0 fully saturated rings. The van der Waals surface area contributed by atoms with Gasteiger partial charge in [-0.2, -0.15) is 0 Å². The quantitative estimate of drug-likeness (QED) is 0.158. The highest BCUT2D eigenvalue weighted by Crippen LogP contribution is 2.52. The molecule has 0 spiro atoms. The van der Waals surface area contributed by atoms with E-state index in [0.29, 0.717) is 0 Å². The van der Waals surface area contributed by atoms with Crippen molar-refractivity contribution in [1.29, 1.82) is 0 Å². The molecule has 4 heterocycles. The summed E-state index contributed by atoms with van der Waals surface area (Å²) in [6.45, 7) is 0. The lowest BCUT2D eigenvalue weighted by molar-refractivity contribution is 1.29. The van der Waals surface area contributed by atoms with Crippen LogP contribution >= 0.6 is 45.3 Å². The van der Waals surface area contributed by atoms with Crippen LogP contribution in [0.3, 0.4) is 0 Å². The molecule has 0 aliphatic heterocycles. The highest BCUT2D eigenvalue weighted by atomic mass is 32.1. The first-order valence-corrected chi connectivity index (χ1v) is 22.7. The molecule has 0 unspecified atom stereocenters. The molecule has 0 bridgehead atoms. The zero-order valence-electron chi connectivity index (χ0n) is 31.0. The van der Waals surface area contributed by atoms with Crippen molar-refractivity contribution in [2.45, 2.75) is 0 Å². The summed E-state index contributed by atoms with van der Waals surface area (Å²) in [5, 5.41) is 12.3. The summed E-state index contributed by atoms with van der Waals surface area (Å²) in [5.74, 6) is 0. The van der Waals surface area contributed by atoms with Gasteiger partial charge in [0.05, 0.1) is 10.4 Å². The van der Waals surface area contributed by atoms with Gasteiger partial charge in [0.2, 0.25) is 0 Å². The van der Waals surface area contributed by atoms with Crippen molar-refractivity contribution >= 4 is 140 Å². The Bertz CT molecular complexity index is 3410. The average Bonchev–Trinajstić information content (AvgIpc) is 4.10. The van der Waals surface area contributed by atoms with Crippen LogP contribution in [0.2, 0.25) is 0 Å². The maximum Gasteiger partial charge on any atom is 0.0727 e. The van der Waals surface area contributed by atoms with E-state index in [2.05, 4.69) is 203 Å². The molecule has 8 aromatic carbocycles. The summed E-state index contributed by atoms with van der Waals surface area (Å²) < 4.78 is 7.84. The van der Waals surface area contributed by atoms with E-state index in [1.165, 1.54) is 77.3 Å². The number of hydrogen-bond donors (Lipinski definition) is 0. The fourth-order valence-corrected chi connectivity index (χ4v) is 12.7. The average molecular weight is 813 g/mol. The fourth-order valence-electron chi connectivity index (χ4n) is 8.62. The van der Waals surface area contributed by atoms with E-state index in [-0.39, 0.29) is 0 Å². The highest BCUT2D eigenvalue weighted by molar-refractivity contribution is 7.26. The van der Waals surface area contributed by atoms with E-state index in [1.807, 2.05) is 45.3 Å². The maximum atomic E-state index is 2.48. The smallest absolute Gasteiger partial charge is 0.0727 e. The molecule has 0 saturated heterocycles. The highest BCUT2D eigenvalue weighted by Gasteiger charge is 2.25. The number of thiophene rings is 4. The molecule has 0 N–H and O–H groups in total. The first-order chi connectivity index (χ1) is 28.8. The van der Waals surface area contributed by atoms with Gasteiger partial charge in [-0.05, 0) is 113 Å². The molecule has 2 nitrogen and oxygen atoms in total. The van der Waals surface area contributed by atoms with Crippen molar-refractivity contribution in [2.24, 2.45) is 0 Å². The van der Waals surface area contributed by atoms with Crippen LogP contribution in [0, 0.1) is 0 Å². The van der Waals surface area contributed by atoms with Gasteiger partial charge in [0, 0.05) is 89.8 Å². The van der Waals surface area contributed by atoms with Gasteiger partial charge < -0.3 is 9.80 Å². The lowest BCUT2D eigenvalue weighted by atomic mass is 9.97. The van der Waals surface area contributed by atoms with Crippen LogP contribution in [-0.4, -0.2) is 0 Å². The van der Waals surface area contributed by atoms with Crippen molar-refractivity contribution in [3.05, 3.63) is 193 Å². The first kappa shape index (κ1) is 33.8. The molecular formula is C52H32N2S4. The fraction of sp³-hybridized carbons (Fsp3) is 0. The van der Waals surface area contributed by atoms with Crippen molar-refractivity contribution in [1.82, 2.24) is 0 Å². The summed E-state index contributed by atoms with van der Waals surface area (Å²) in [7, 11) is 0. The summed E-state index contributed by atoms with van der Waals surface area (Å²) >= 11 is 7.38. The number of rotatable bonds is 7. The van der Waals surface area contributed by atoms with Gasteiger partial charge in [-0.3, -0.25) is 0 Å². The predicted octanol–water partition coefficient (Wildman–Crippen LogP) is 17.5. The Kier molecular flexibility index (Phi) is 7.98. The summed E-state index contributed by atoms with van der Waals surface area (Å²) in [6.07, 6.45) is 0. The van der Waals surface area contributed by atoms with E-state index in [4.69, 9.17) is 0 Å². The van der Waals surface area contributed by atoms with Crippen molar-refractivity contribution in [2.75, 3.05) is 9.80 Å². The second-order valence-electron chi connectivity index (χ2n) is 14.5. The van der Waals surface area contributed by atoms with Gasteiger partial charge in [0.25, 0.3) is 0 Å². The number of hydrogen-bond acceptors (Lipinski definition) is 6. The van der Waals surface area contributed by atoms with Gasteiger partial charge in [0.15, 0.2) is 0 Å². The number of anilines is 6. The molecule has 0 radical (unpaired) electrons. The van der Waals surface area contributed by atoms with Crippen molar-refractivity contribution < 1.29 is 0 Å². The molecule has 58 heavy (non-hydrogen) atoms. The third kappa shape index (κ3) is 5.41. The Morgan fingerprint density at radius 2 is 0.776 bits per heavy atom. The normalized spacial score (nSPS) is 11.8. The van der Waals surface area contributed by atoms with Gasteiger partial charge in [-0.1, -0.05) is 84.9 Å². The van der Waals surface area contributed by atoms with E-state index < -0.39 is 0 Å². The SMILES string of the molecule is c1ccc(N(c2ccc(-c3c4ccsc4c(N(c4ccccc4)c4ccc5sc6ccccc6c5c4)c4ccsc34)cc2)c2ccc3sc4ccccc4c3c2)cc1. The molecule has 12 aromatic rings. The largest absolute Gasteiger partial charge is 0.310 e. The van der Waals surface area contributed by atoms with Gasteiger partial charge >= 0.3 is 0 Å². The maximum absolute atomic E-state index is 2.48. The molecule has 12 rings (SSSR count). The summed E-state index contributed by atoms with van der Waals surface area (Å²) in [4.78, 5) is 4.86. The van der Waals surface area contributed by atoms with E-state index in [1.54, 1.807) is 0 Å². The van der Waals surface area contributed by atoms with Crippen molar-refractivity contribution in [3.63, 3.8) is 0 Å². The minimum Gasteiger partial charge on any atom is -0.310 e. The second kappa shape index (κ2) is 13.7. The van der Waals surface area contributed by atoms with Gasteiger partial charge in [-0.15, -0.1) is 45.3 Å². The minimum atomic E-state index is 1.13. The lowest BCUT2D eigenvalue weighted by Crippen LogP contribution is -2.10. The Morgan fingerprint density at radius 3 is 1.40 bits per heavy atom. The van der Waals surface area contributed by atoms with Crippen LogP contribution in [-0.2, 0) is 0 Å². The van der Waals surface area contributed by atoms with Crippen molar-refractivity contribution in [3.8, 4) is 11.1 Å². The van der Waals surface area contributed by atoms with Crippen LogP contribution in [0.15, 0.2) is 193 Å². The van der Waals surface area contributed by atoms with E-state index in [9.17, 15) is 0 Å². The molecular weight excluding hydrogens is 781 g/mol.